The number of aryl methyl sites for hydroxylation is 2. The molecule has 6 rings (SSSR count). The van der Waals surface area contributed by atoms with Crippen LogP contribution in [0.25, 0.3) is 33.7 Å². The zero-order valence-corrected chi connectivity index (χ0v) is 22.7. The van der Waals surface area contributed by atoms with Gasteiger partial charge in [0.1, 0.15) is 11.3 Å². The molecule has 2 aliphatic rings. The van der Waals surface area contributed by atoms with E-state index in [4.69, 9.17) is 22.4 Å². The van der Waals surface area contributed by atoms with Crippen molar-refractivity contribution in [1.82, 2.24) is 0 Å². The topological polar surface area (TPSA) is 13.1 Å². The summed E-state index contributed by atoms with van der Waals surface area (Å²) in [6.07, 6.45) is 11.9. The SMILES string of the molecule is C#C/C=C\c1cc2c(cc1C)Cc1c(C3=C(C(=C)C)CCc4oc5ccccc5c43)ccc(Cl)c1-2.CC. The number of furan rings is 1. The highest BCUT2D eigenvalue weighted by molar-refractivity contribution is 6.34. The van der Waals surface area contributed by atoms with E-state index in [2.05, 4.69) is 62.7 Å². The smallest absolute Gasteiger partial charge is 0.134 e. The van der Waals surface area contributed by atoms with Gasteiger partial charge in [0.15, 0.2) is 0 Å². The summed E-state index contributed by atoms with van der Waals surface area (Å²) in [5, 5.41) is 1.94. The molecule has 37 heavy (non-hydrogen) atoms. The fraction of sp³-hybridized carbons (Fsp3) is 0.200. The number of benzene rings is 3. The van der Waals surface area contributed by atoms with E-state index in [-0.39, 0.29) is 0 Å². The van der Waals surface area contributed by atoms with Crippen molar-refractivity contribution >= 4 is 34.2 Å². The molecule has 4 aromatic rings. The Bertz CT molecular complexity index is 1670. The Labute approximate surface area is 225 Å². The second kappa shape index (κ2) is 9.97. The minimum atomic E-state index is 0.781. The van der Waals surface area contributed by atoms with Crippen LogP contribution in [0.5, 0.6) is 0 Å². The molecule has 2 aliphatic carbocycles. The molecular formula is C35H31ClO. The first-order chi connectivity index (χ1) is 18.0. The molecule has 0 fully saturated rings. The predicted molar refractivity (Wildman–Crippen MR) is 159 cm³/mol. The van der Waals surface area contributed by atoms with Crippen molar-refractivity contribution < 1.29 is 4.42 Å². The molecule has 0 saturated carbocycles. The van der Waals surface area contributed by atoms with Crippen molar-refractivity contribution in [2.24, 2.45) is 0 Å². The zero-order valence-electron chi connectivity index (χ0n) is 22.0. The standard InChI is InChI=1S/C33H25ClO.C2H6/c1-5-6-9-21-17-26-22(16-20(21)4)18-27-24(12-14-28(34)31(26)27)32-23(19(2)3)13-15-30-33(32)25-10-7-8-11-29(25)35-30;1-2/h1,6-12,14,16-17H,2,13,15,18H2,3-4H3;1-2H3/b9-6-;. The maximum atomic E-state index is 6.88. The highest BCUT2D eigenvalue weighted by Gasteiger charge is 2.31. The lowest BCUT2D eigenvalue weighted by atomic mass is 9.80. The number of para-hydroxylation sites is 1. The molecule has 0 radical (unpaired) electrons. The third-order valence-electron chi connectivity index (χ3n) is 7.36. The van der Waals surface area contributed by atoms with Crippen molar-refractivity contribution in [3.8, 4) is 23.5 Å². The van der Waals surface area contributed by atoms with Crippen molar-refractivity contribution in [1.29, 1.82) is 0 Å². The van der Waals surface area contributed by atoms with E-state index in [0.29, 0.717) is 0 Å². The molecule has 0 bridgehead atoms. The maximum Gasteiger partial charge on any atom is 0.134 e. The normalized spacial score (nSPS) is 13.6. The third kappa shape index (κ3) is 4.07. The molecule has 3 aromatic carbocycles. The minimum Gasteiger partial charge on any atom is -0.460 e. The molecular weight excluding hydrogens is 472 g/mol. The second-order valence-corrected chi connectivity index (χ2v) is 9.93. The van der Waals surface area contributed by atoms with Crippen LogP contribution in [0.2, 0.25) is 5.02 Å². The van der Waals surface area contributed by atoms with Gasteiger partial charge in [0.2, 0.25) is 0 Å². The molecule has 1 aromatic heterocycles. The van der Waals surface area contributed by atoms with Crippen LogP contribution in [0.3, 0.4) is 0 Å². The van der Waals surface area contributed by atoms with Gasteiger partial charge in [-0.1, -0.05) is 73.9 Å². The van der Waals surface area contributed by atoms with E-state index in [0.717, 1.165) is 57.7 Å². The van der Waals surface area contributed by atoms with E-state index in [1.54, 1.807) is 6.08 Å². The number of hydrogen-bond acceptors (Lipinski definition) is 1. The predicted octanol–water partition coefficient (Wildman–Crippen LogP) is 9.96. The monoisotopic (exact) mass is 502 g/mol. The Kier molecular flexibility index (Phi) is 6.72. The molecule has 0 N–H and O–H groups in total. The lowest BCUT2D eigenvalue weighted by molar-refractivity contribution is 0.543. The van der Waals surface area contributed by atoms with Crippen LogP contribution >= 0.6 is 11.6 Å². The summed E-state index contributed by atoms with van der Waals surface area (Å²) in [6, 6.07) is 17.1. The van der Waals surface area contributed by atoms with E-state index >= 15 is 0 Å². The number of halogens is 1. The van der Waals surface area contributed by atoms with Gasteiger partial charge in [-0.05, 0) is 102 Å². The van der Waals surface area contributed by atoms with Crippen molar-refractivity contribution in [3.05, 3.63) is 116 Å². The number of rotatable bonds is 3. The zero-order chi connectivity index (χ0) is 26.3. The van der Waals surface area contributed by atoms with Crippen LogP contribution in [-0.2, 0) is 12.8 Å². The summed E-state index contributed by atoms with van der Waals surface area (Å²) < 4.78 is 6.33. The van der Waals surface area contributed by atoms with Gasteiger partial charge in [-0.3, -0.25) is 0 Å². The van der Waals surface area contributed by atoms with Gasteiger partial charge in [0.05, 0.1) is 0 Å². The Morgan fingerprint density at radius 3 is 2.59 bits per heavy atom. The number of fused-ring (bicyclic) bond motifs is 6. The third-order valence-corrected chi connectivity index (χ3v) is 7.67. The molecule has 184 valence electrons. The summed E-state index contributed by atoms with van der Waals surface area (Å²) in [5.74, 6) is 3.66. The molecule has 0 amide bonds. The molecule has 0 aliphatic heterocycles. The summed E-state index contributed by atoms with van der Waals surface area (Å²) in [6.45, 7) is 12.6. The first-order valence-corrected chi connectivity index (χ1v) is 13.3. The number of allylic oxidation sites excluding steroid dienone is 3. The summed E-state index contributed by atoms with van der Waals surface area (Å²) >= 11 is 6.88. The molecule has 1 nitrogen and oxygen atoms in total. The molecule has 2 heteroatoms. The molecule has 1 heterocycles. The Morgan fingerprint density at radius 2 is 1.84 bits per heavy atom. The highest BCUT2D eigenvalue weighted by atomic mass is 35.5. The average Bonchev–Trinajstić information content (AvgIpc) is 3.47. The van der Waals surface area contributed by atoms with Crippen LogP contribution in [-0.4, -0.2) is 0 Å². The van der Waals surface area contributed by atoms with Gasteiger partial charge in [0, 0.05) is 28.0 Å². The largest absolute Gasteiger partial charge is 0.460 e. The van der Waals surface area contributed by atoms with E-state index in [9.17, 15) is 0 Å². The molecule has 0 atom stereocenters. The maximum absolute atomic E-state index is 6.88. The van der Waals surface area contributed by atoms with Crippen LogP contribution in [0.15, 0.2) is 76.7 Å². The van der Waals surface area contributed by atoms with Crippen molar-refractivity contribution in [2.45, 2.75) is 47.0 Å². The Hall–Kier alpha value is -3.73. The lowest BCUT2D eigenvalue weighted by Crippen LogP contribution is -2.07. The van der Waals surface area contributed by atoms with Crippen molar-refractivity contribution in [3.63, 3.8) is 0 Å². The molecule has 0 saturated heterocycles. The summed E-state index contributed by atoms with van der Waals surface area (Å²) in [7, 11) is 0. The van der Waals surface area contributed by atoms with E-state index < -0.39 is 0 Å². The Morgan fingerprint density at radius 1 is 1.05 bits per heavy atom. The second-order valence-electron chi connectivity index (χ2n) is 9.52. The van der Waals surface area contributed by atoms with Crippen LogP contribution in [0.1, 0.15) is 66.3 Å². The van der Waals surface area contributed by atoms with Gasteiger partial charge >= 0.3 is 0 Å². The van der Waals surface area contributed by atoms with Gasteiger partial charge in [-0.15, -0.1) is 6.42 Å². The van der Waals surface area contributed by atoms with Crippen molar-refractivity contribution in [2.75, 3.05) is 0 Å². The van der Waals surface area contributed by atoms with Gasteiger partial charge < -0.3 is 4.42 Å². The summed E-state index contributed by atoms with van der Waals surface area (Å²) in [4.78, 5) is 0. The van der Waals surface area contributed by atoms with Crippen LogP contribution < -0.4 is 0 Å². The van der Waals surface area contributed by atoms with Gasteiger partial charge in [-0.25, -0.2) is 0 Å². The quantitative estimate of drug-likeness (QED) is 0.224. The van der Waals surface area contributed by atoms with Gasteiger partial charge in [-0.2, -0.15) is 0 Å². The minimum absolute atomic E-state index is 0.781. The molecule has 0 unspecified atom stereocenters. The fourth-order valence-electron chi connectivity index (χ4n) is 5.78. The Balaban J connectivity index is 0.00000137. The highest BCUT2D eigenvalue weighted by Crippen LogP contribution is 2.50. The van der Waals surface area contributed by atoms with Gasteiger partial charge in [0.25, 0.3) is 0 Å². The molecule has 0 spiro atoms. The van der Waals surface area contributed by atoms with Crippen LogP contribution in [0, 0.1) is 19.3 Å². The average molecular weight is 503 g/mol. The summed E-state index contributed by atoms with van der Waals surface area (Å²) in [5.41, 5.74) is 14.3. The van der Waals surface area contributed by atoms with E-state index in [1.807, 2.05) is 32.1 Å². The number of terminal acetylenes is 1. The fourth-order valence-corrected chi connectivity index (χ4v) is 6.06. The van der Waals surface area contributed by atoms with E-state index in [1.165, 1.54) is 44.5 Å². The lowest BCUT2D eigenvalue weighted by Gasteiger charge is -2.23. The first-order valence-electron chi connectivity index (χ1n) is 13.0. The first kappa shape index (κ1) is 24.9. The number of hydrogen-bond donors (Lipinski definition) is 0. The van der Waals surface area contributed by atoms with Crippen LogP contribution in [0.4, 0.5) is 0 Å².